The summed E-state index contributed by atoms with van der Waals surface area (Å²) in [5, 5.41) is 0. The summed E-state index contributed by atoms with van der Waals surface area (Å²) in [6, 6.07) is 0.257. The Morgan fingerprint density at radius 2 is 2.40 bits per heavy atom. The van der Waals surface area contributed by atoms with Crippen molar-refractivity contribution in [3.63, 3.8) is 0 Å². The fourth-order valence-corrected chi connectivity index (χ4v) is 1.04. The molecule has 1 fully saturated rings. The summed E-state index contributed by atoms with van der Waals surface area (Å²) in [6.45, 7) is 0. The van der Waals surface area contributed by atoms with Crippen molar-refractivity contribution < 1.29 is 4.11 Å². The zero-order valence-corrected chi connectivity index (χ0v) is 6.90. The van der Waals surface area contributed by atoms with E-state index in [2.05, 4.69) is 20.9 Å². The van der Waals surface area contributed by atoms with Gasteiger partial charge in [-0.25, -0.2) is 4.98 Å². The predicted molar refractivity (Wildman–Crippen MR) is 43.9 cm³/mol. The molecule has 0 aromatic carbocycles. The summed E-state index contributed by atoms with van der Waals surface area (Å²) < 4.78 is 23.1. The maximum absolute atomic E-state index is 7.67. The molecule has 2 rings (SSSR count). The third-order valence-corrected chi connectivity index (χ3v) is 1.94. The molecule has 0 N–H and O–H groups in total. The van der Waals surface area contributed by atoms with Crippen LogP contribution in [0.1, 0.15) is 28.4 Å². The van der Waals surface area contributed by atoms with Crippen LogP contribution in [-0.2, 0) is 0 Å². The Kier molecular flexibility index (Phi) is 0.906. The van der Waals surface area contributed by atoms with Crippen LogP contribution in [0.5, 0.6) is 0 Å². The molecular formula is C8H8BrN. The quantitative estimate of drug-likeness (QED) is 0.636. The van der Waals surface area contributed by atoms with E-state index < -0.39 is 0 Å². The monoisotopic (exact) mass is 200 g/mol. The van der Waals surface area contributed by atoms with Crippen molar-refractivity contribution in [1.82, 2.24) is 4.98 Å². The normalized spacial score (nSPS) is 21.5. The maximum Gasteiger partial charge on any atom is 0.106 e. The first-order valence-electron chi connectivity index (χ1n) is 4.74. The van der Waals surface area contributed by atoms with Gasteiger partial charge < -0.3 is 0 Å². The van der Waals surface area contributed by atoms with Crippen LogP contribution < -0.4 is 0 Å². The van der Waals surface area contributed by atoms with E-state index in [4.69, 9.17) is 4.11 Å². The second kappa shape index (κ2) is 2.35. The van der Waals surface area contributed by atoms with Crippen molar-refractivity contribution in [2.75, 3.05) is 0 Å². The fourth-order valence-electron chi connectivity index (χ4n) is 0.849. The van der Waals surface area contributed by atoms with Gasteiger partial charge in [0, 0.05) is 6.17 Å². The van der Waals surface area contributed by atoms with Crippen molar-refractivity contribution >= 4 is 15.9 Å². The highest BCUT2D eigenvalue weighted by Gasteiger charge is 2.23. The van der Waals surface area contributed by atoms with Crippen LogP contribution in [0.3, 0.4) is 0 Å². The van der Waals surface area contributed by atoms with Crippen LogP contribution in [0, 0.1) is 0 Å². The molecule has 1 aliphatic rings. The molecule has 0 amide bonds. The molecule has 0 bridgehead atoms. The highest BCUT2D eigenvalue weighted by molar-refractivity contribution is 9.10. The number of hydrogen-bond donors (Lipinski definition) is 0. The minimum absolute atomic E-state index is 0.0953. The van der Waals surface area contributed by atoms with Gasteiger partial charge in [-0.1, -0.05) is 6.04 Å². The number of hydrogen-bond acceptors (Lipinski definition) is 1. The summed E-state index contributed by atoms with van der Waals surface area (Å²) in [4.78, 5) is 3.87. The van der Waals surface area contributed by atoms with Crippen molar-refractivity contribution in [3.8, 4) is 0 Å². The lowest BCUT2D eigenvalue weighted by Crippen LogP contribution is -1.80. The first-order valence-corrected chi connectivity index (χ1v) is 4.03. The number of halogens is 1. The van der Waals surface area contributed by atoms with E-state index in [0.717, 1.165) is 12.8 Å². The minimum atomic E-state index is 0.0953. The van der Waals surface area contributed by atoms with Gasteiger partial charge in [-0.2, -0.15) is 0 Å². The van der Waals surface area contributed by atoms with E-state index >= 15 is 0 Å². The molecule has 0 saturated heterocycles. The molecule has 0 aliphatic heterocycles. The van der Waals surface area contributed by atoms with Gasteiger partial charge in [-0.05, 0) is 46.3 Å². The van der Waals surface area contributed by atoms with Gasteiger partial charge >= 0.3 is 0 Å². The summed E-state index contributed by atoms with van der Waals surface area (Å²) in [5.41, 5.74) is 0.646. The van der Waals surface area contributed by atoms with Gasteiger partial charge in [0.25, 0.3) is 0 Å². The Balaban J connectivity index is 2.60. The SMILES string of the molecule is [2H]c1nc(Br)c([2H])c([2H])c1C1CC1. The van der Waals surface area contributed by atoms with Gasteiger partial charge in [-0.15, -0.1) is 0 Å². The molecule has 2 heteroatoms. The maximum atomic E-state index is 7.67. The smallest absolute Gasteiger partial charge is 0.106 e. The Morgan fingerprint density at radius 3 is 3.10 bits per heavy atom. The third kappa shape index (κ3) is 1.21. The summed E-state index contributed by atoms with van der Waals surface area (Å²) >= 11 is 3.06. The lowest BCUT2D eigenvalue weighted by molar-refractivity contribution is 1.08. The van der Waals surface area contributed by atoms with Gasteiger partial charge in [0.05, 0.1) is 4.11 Å². The number of pyridine rings is 1. The fraction of sp³-hybridized carbons (Fsp3) is 0.375. The van der Waals surface area contributed by atoms with Gasteiger partial charge in [0.15, 0.2) is 0 Å². The van der Waals surface area contributed by atoms with Crippen LogP contribution >= 0.6 is 15.9 Å². The lowest BCUT2D eigenvalue weighted by Gasteiger charge is -1.94. The van der Waals surface area contributed by atoms with Crippen molar-refractivity contribution in [2.45, 2.75) is 18.8 Å². The van der Waals surface area contributed by atoms with Gasteiger partial charge in [-0.3, -0.25) is 0 Å². The van der Waals surface area contributed by atoms with E-state index in [1.807, 2.05) is 0 Å². The Bertz CT molecular complexity index is 363. The molecule has 1 aromatic heterocycles. The first-order chi connectivity index (χ1) is 6.11. The summed E-state index contributed by atoms with van der Waals surface area (Å²) in [6.07, 6.45) is 2.21. The largest absolute Gasteiger partial charge is 0.249 e. The number of rotatable bonds is 1. The Labute approximate surface area is 72.8 Å². The van der Waals surface area contributed by atoms with Crippen LogP contribution in [0.15, 0.2) is 22.9 Å². The lowest BCUT2D eigenvalue weighted by atomic mass is 10.2. The van der Waals surface area contributed by atoms with E-state index in [1.165, 1.54) is 0 Å². The molecule has 1 nitrogen and oxygen atoms in total. The zero-order chi connectivity index (χ0) is 9.59. The number of nitrogens with zero attached hydrogens (tertiary/aromatic N) is 1. The van der Waals surface area contributed by atoms with E-state index in [0.29, 0.717) is 16.1 Å². The molecular weight excluding hydrogens is 190 g/mol. The van der Waals surface area contributed by atoms with Crippen molar-refractivity contribution in [3.05, 3.63) is 28.4 Å². The van der Waals surface area contributed by atoms with Crippen LogP contribution in [0.2, 0.25) is 0 Å². The third-order valence-electron chi connectivity index (χ3n) is 1.56. The second-order valence-corrected chi connectivity index (χ2v) is 3.20. The predicted octanol–water partition coefficient (Wildman–Crippen LogP) is 2.72. The van der Waals surface area contributed by atoms with Gasteiger partial charge in [0.2, 0.25) is 0 Å². The first kappa shape index (κ1) is 3.86. The molecule has 1 heterocycles. The Morgan fingerprint density at radius 1 is 1.60 bits per heavy atom. The van der Waals surface area contributed by atoms with Crippen LogP contribution in [0.25, 0.3) is 0 Å². The van der Waals surface area contributed by atoms with Crippen molar-refractivity contribution in [2.24, 2.45) is 0 Å². The average Bonchev–Trinajstić information content (AvgIpc) is 2.84. The summed E-state index contributed by atoms with van der Waals surface area (Å²) in [5.74, 6) is 0.310. The van der Waals surface area contributed by atoms with Crippen LogP contribution in [-0.4, -0.2) is 4.98 Å². The highest BCUT2D eigenvalue weighted by atomic mass is 79.9. The standard InChI is InChI=1S/C8H8BrN/c9-8-4-3-7(5-10-8)6-1-2-6/h3-6H,1-2H2/i3D,4D,5D. The molecule has 0 radical (unpaired) electrons. The summed E-state index contributed by atoms with van der Waals surface area (Å²) in [7, 11) is 0. The topological polar surface area (TPSA) is 12.9 Å². The van der Waals surface area contributed by atoms with Gasteiger partial charge in [0.1, 0.15) is 4.60 Å². The number of aromatic nitrogens is 1. The molecule has 1 aliphatic carbocycles. The molecule has 0 spiro atoms. The van der Waals surface area contributed by atoms with E-state index in [-0.39, 0.29) is 18.3 Å². The Hall–Kier alpha value is -0.370. The molecule has 0 unspecified atom stereocenters. The van der Waals surface area contributed by atoms with E-state index in [1.54, 1.807) is 0 Å². The average molecular weight is 201 g/mol. The zero-order valence-electron chi connectivity index (χ0n) is 8.32. The second-order valence-electron chi connectivity index (χ2n) is 2.45. The van der Waals surface area contributed by atoms with E-state index in [9.17, 15) is 0 Å². The minimum Gasteiger partial charge on any atom is -0.249 e. The van der Waals surface area contributed by atoms with Crippen molar-refractivity contribution in [1.29, 1.82) is 0 Å². The van der Waals surface area contributed by atoms with Crippen LogP contribution in [0.4, 0.5) is 0 Å². The molecule has 52 valence electrons. The highest BCUT2D eigenvalue weighted by Crippen LogP contribution is 2.39. The molecule has 1 aromatic rings. The molecule has 1 saturated carbocycles. The molecule has 10 heavy (non-hydrogen) atoms. The molecule has 0 atom stereocenters.